The van der Waals surface area contributed by atoms with Crippen LogP contribution in [0.1, 0.15) is 30.0 Å². The number of nitrogens with one attached hydrogen (secondary N) is 2. The van der Waals surface area contributed by atoms with Crippen molar-refractivity contribution >= 4 is 29.1 Å². The van der Waals surface area contributed by atoms with Gasteiger partial charge in [-0.1, -0.05) is 6.07 Å². The van der Waals surface area contributed by atoms with Crippen LogP contribution < -0.4 is 10.6 Å². The van der Waals surface area contributed by atoms with E-state index < -0.39 is 17.9 Å². The van der Waals surface area contributed by atoms with Crippen molar-refractivity contribution in [2.45, 2.75) is 25.9 Å². The number of esters is 1. The molecule has 0 aliphatic carbocycles. The van der Waals surface area contributed by atoms with Gasteiger partial charge in [-0.15, -0.1) is 11.3 Å². The fourth-order valence-electron chi connectivity index (χ4n) is 1.98. The number of carbonyl (C=O) groups excluding carboxylic acids is 3. The van der Waals surface area contributed by atoms with Gasteiger partial charge in [-0.2, -0.15) is 0 Å². The van der Waals surface area contributed by atoms with E-state index in [4.69, 9.17) is 9.15 Å². The number of furan rings is 1. The zero-order valence-electron chi connectivity index (χ0n) is 13.1. The van der Waals surface area contributed by atoms with Gasteiger partial charge < -0.3 is 19.8 Å². The second-order valence-electron chi connectivity index (χ2n) is 4.99. The molecule has 0 aliphatic heterocycles. The summed E-state index contributed by atoms with van der Waals surface area (Å²) in [6.07, 6.45) is 1.47. The van der Waals surface area contributed by atoms with Gasteiger partial charge in [0.25, 0.3) is 5.91 Å². The summed E-state index contributed by atoms with van der Waals surface area (Å²) in [4.78, 5) is 35.7. The summed E-state index contributed by atoms with van der Waals surface area (Å²) in [5, 5.41) is 7.14. The Morgan fingerprint density at radius 1 is 1.29 bits per heavy atom. The van der Waals surface area contributed by atoms with E-state index in [1.54, 1.807) is 12.1 Å². The molecular weight excluding hydrogens is 332 g/mol. The molecule has 7 nitrogen and oxygen atoms in total. The molecule has 0 radical (unpaired) electrons. The lowest BCUT2D eigenvalue weighted by Gasteiger charge is -2.15. The van der Waals surface area contributed by atoms with Gasteiger partial charge in [0, 0.05) is 11.8 Å². The smallest absolute Gasteiger partial charge is 0.308 e. The molecule has 8 heteroatoms. The van der Waals surface area contributed by atoms with Crippen LogP contribution >= 0.6 is 11.3 Å². The SMILES string of the molecule is CC(=O)NC(CC(=O)OCC(=O)NCc1ccco1)c1cccs1. The number of thiophene rings is 1. The Kier molecular flexibility index (Phi) is 6.56. The van der Waals surface area contributed by atoms with Crippen LogP contribution in [0.25, 0.3) is 0 Å². The first-order chi connectivity index (χ1) is 11.5. The first-order valence-corrected chi connectivity index (χ1v) is 8.17. The predicted octanol–water partition coefficient (Wildman–Crippen LogP) is 1.77. The van der Waals surface area contributed by atoms with Gasteiger partial charge >= 0.3 is 5.97 Å². The molecule has 2 aromatic rings. The Bertz CT molecular complexity index is 667. The van der Waals surface area contributed by atoms with Crippen molar-refractivity contribution in [1.82, 2.24) is 10.6 Å². The van der Waals surface area contributed by atoms with Crippen LogP contribution in [0.3, 0.4) is 0 Å². The van der Waals surface area contributed by atoms with E-state index in [0.29, 0.717) is 5.76 Å². The minimum atomic E-state index is -0.560. The van der Waals surface area contributed by atoms with Crippen LogP contribution in [0.15, 0.2) is 40.3 Å². The Hall–Kier alpha value is -2.61. The minimum absolute atomic E-state index is 0.0362. The number of rotatable bonds is 8. The van der Waals surface area contributed by atoms with Gasteiger partial charge in [0.2, 0.25) is 5.91 Å². The van der Waals surface area contributed by atoms with E-state index in [-0.39, 0.29) is 25.5 Å². The van der Waals surface area contributed by atoms with Crippen molar-refractivity contribution in [3.8, 4) is 0 Å². The summed E-state index contributed by atoms with van der Waals surface area (Å²) in [6.45, 7) is 1.23. The summed E-state index contributed by atoms with van der Waals surface area (Å²) in [5.41, 5.74) is 0. The molecule has 0 bridgehead atoms. The molecule has 0 saturated heterocycles. The van der Waals surface area contributed by atoms with Gasteiger partial charge in [-0.3, -0.25) is 14.4 Å². The third-order valence-corrected chi connectivity index (χ3v) is 4.03. The van der Waals surface area contributed by atoms with E-state index in [1.165, 1.54) is 24.5 Å². The highest BCUT2D eigenvalue weighted by molar-refractivity contribution is 7.10. The number of hydrogen-bond donors (Lipinski definition) is 2. The van der Waals surface area contributed by atoms with Crippen molar-refractivity contribution in [2.24, 2.45) is 0 Å². The average Bonchev–Trinajstić information content (AvgIpc) is 3.22. The molecule has 2 N–H and O–H groups in total. The summed E-state index contributed by atoms with van der Waals surface area (Å²) >= 11 is 1.43. The zero-order chi connectivity index (χ0) is 17.4. The topological polar surface area (TPSA) is 97.6 Å². The summed E-state index contributed by atoms with van der Waals surface area (Å²) < 4.78 is 10.0. The molecule has 0 fully saturated rings. The van der Waals surface area contributed by atoms with Crippen LogP contribution in [0.2, 0.25) is 0 Å². The molecule has 2 aromatic heterocycles. The maximum Gasteiger partial charge on any atom is 0.308 e. The second kappa shape index (κ2) is 8.88. The number of ether oxygens (including phenoxy) is 1. The molecule has 24 heavy (non-hydrogen) atoms. The van der Waals surface area contributed by atoms with Crippen LogP contribution in [-0.4, -0.2) is 24.4 Å². The largest absolute Gasteiger partial charge is 0.467 e. The molecule has 2 heterocycles. The van der Waals surface area contributed by atoms with Gasteiger partial charge in [-0.05, 0) is 23.6 Å². The van der Waals surface area contributed by atoms with E-state index in [1.807, 2.05) is 17.5 Å². The van der Waals surface area contributed by atoms with E-state index in [9.17, 15) is 14.4 Å². The molecule has 1 atom stereocenters. The van der Waals surface area contributed by atoms with Crippen LogP contribution in [0.4, 0.5) is 0 Å². The lowest BCUT2D eigenvalue weighted by atomic mass is 10.1. The van der Waals surface area contributed by atoms with Crippen LogP contribution in [0, 0.1) is 0 Å². The van der Waals surface area contributed by atoms with Crippen molar-refractivity contribution in [2.75, 3.05) is 6.61 Å². The van der Waals surface area contributed by atoms with Gasteiger partial charge in [-0.25, -0.2) is 0 Å². The predicted molar refractivity (Wildman–Crippen MR) is 87.0 cm³/mol. The van der Waals surface area contributed by atoms with E-state index >= 15 is 0 Å². The molecule has 0 aliphatic rings. The lowest BCUT2D eigenvalue weighted by molar-refractivity contribution is -0.149. The highest BCUT2D eigenvalue weighted by atomic mass is 32.1. The first kappa shape index (κ1) is 17.7. The Morgan fingerprint density at radius 2 is 2.12 bits per heavy atom. The zero-order valence-corrected chi connectivity index (χ0v) is 13.9. The standard InChI is InChI=1S/C16H18N2O5S/c1-11(19)18-13(14-5-3-7-24-14)8-16(21)23-10-15(20)17-9-12-4-2-6-22-12/h2-7,13H,8-10H2,1H3,(H,17,20)(H,18,19). The van der Waals surface area contributed by atoms with E-state index in [0.717, 1.165) is 4.88 Å². The quantitative estimate of drug-likeness (QED) is 0.707. The Morgan fingerprint density at radius 3 is 2.75 bits per heavy atom. The third-order valence-electron chi connectivity index (χ3n) is 3.04. The van der Waals surface area contributed by atoms with Gasteiger partial charge in [0.15, 0.2) is 6.61 Å². The Labute approximate surface area is 143 Å². The highest BCUT2D eigenvalue weighted by Gasteiger charge is 2.19. The fraction of sp³-hybridized carbons (Fsp3) is 0.312. The number of hydrogen-bond acceptors (Lipinski definition) is 6. The van der Waals surface area contributed by atoms with Crippen molar-refractivity contribution in [3.63, 3.8) is 0 Å². The normalized spacial score (nSPS) is 11.5. The fourth-order valence-corrected chi connectivity index (χ4v) is 2.76. The average molecular weight is 350 g/mol. The maximum atomic E-state index is 11.9. The van der Waals surface area contributed by atoms with Gasteiger partial charge in [0.05, 0.1) is 25.3 Å². The lowest BCUT2D eigenvalue weighted by Crippen LogP contribution is -2.31. The molecule has 2 rings (SSSR count). The number of carbonyl (C=O) groups is 3. The summed E-state index contributed by atoms with van der Waals surface area (Å²) in [6, 6.07) is 6.65. The molecule has 128 valence electrons. The molecule has 1 unspecified atom stereocenters. The third kappa shape index (κ3) is 5.88. The van der Waals surface area contributed by atoms with Gasteiger partial charge in [0.1, 0.15) is 5.76 Å². The monoisotopic (exact) mass is 350 g/mol. The molecule has 2 amide bonds. The maximum absolute atomic E-state index is 11.9. The highest BCUT2D eigenvalue weighted by Crippen LogP contribution is 2.22. The molecule has 0 spiro atoms. The first-order valence-electron chi connectivity index (χ1n) is 7.30. The summed E-state index contributed by atoms with van der Waals surface area (Å²) in [5.74, 6) is -0.613. The van der Waals surface area contributed by atoms with Crippen molar-refractivity contribution in [1.29, 1.82) is 0 Å². The minimum Gasteiger partial charge on any atom is -0.467 e. The Balaban J connectivity index is 1.76. The van der Waals surface area contributed by atoms with Crippen molar-refractivity contribution < 1.29 is 23.5 Å². The molecule has 0 saturated carbocycles. The molecular formula is C16H18N2O5S. The molecule has 0 aromatic carbocycles. The number of amides is 2. The summed E-state index contributed by atoms with van der Waals surface area (Å²) in [7, 11) is 0. The second-order valence-corrected chi connectivity index (χ2v) is 5.97. The van der Waals surface area contributed by atoms with Crippen LogP contribution in [0.5, 0.6) is 0 Å². The van der Waals surface area contributed by atoms with Crippen molar-refractivity contribution in [3.05, 3.63) is 46.5 Å². The van der Waals surface area contributed by atoms with Crippen LogP contribution in [-0.2, 0) is 25.7 Å². The van der Waals surface area contributed by atoms with E-state index in [2.05, 4.69) is 10.6 Å².